The molecule has 1 aromatic rings. The van der Waals surface area contributed by atoms with Gasteiger partial charge in [0.2, 0.25) is 5.91 Å². The standard InChI is InChI=1S/C13H18Cl2N2O/c1-8(2)12(16)13(18)17(3)7-9-4-5-10(14)6-11(9)15/h4-6,8,12H,7,16H2,1-3H3. The smallest absolute Gasteiger partial charge is 0.239 e. The summed E-state index contributed by atoms with van der Waals surface area (Å²) >= 11 is 11.9. The molecule has 1 unspecified atom stereocenters. The van der Waals surface area contributed by atoms with E-state index in [1.807, 2.05) is 19.9 Å². The van der Waals surface area contributed by atoms with Crippen LogP contribution in [0.5, 0.6) is 0 Å². The average Bonchev–Trinajstić information content (AvgIpc) is 2.30. The molecule has 3 nitrogen and oxygen atoms in total. The molecule has 0 saturated carbocycles. The van der Waals surface area contributed by atoms with E-state index in [1.165, 1.54) is 0 Å². The first-order valence-corrected chi connectivity index (χ1v) is 6.53. The predicted molar refractivity (Wildman–Crippen MR) is 75.7 cm³/mol. The number of hydrogen-bond donors (Lipinski definition) is 1. The highest BCUT2D eigenvalue weighted by atomic mass is 35.5. The molecule has 1 amide bonds. The number of nitrogens with zero attached hydrogens (tertiary/aromatic N) is 1. The summed E-state index contributed by atoms with van der Waals surface area (Å²) in [5.74, 6) is 0.0247. The van der Waals surface area contributed by atoms with E-state index in [2.05, 4.69) is 0 Å². The molecule has 100 valence electrons. The topological polar surface area (TPSA) is 46.3 Å². The van der Waals surface area contributed by atoms with Gasteiger partial charge in [0.25, 0.3) is 0 Å². The van der Waals surface area contributed by atoms with E-state index in [0.29, 0.717) is 16.6 Å². The van der Waals surface area contributed by atoms with Crippen molar-refractivity contribution in [3.05, 3.63) is 33.8 Å². The fraction of sp³-hybridized carbons (Fsp3) is 0.462. The molecule has 1 atom stereocenters. The van der Waals surface area contributed by atoms with Crippen molar-refractivity contribution in [3.8, 4) is 0 Å². The largest absolute Gasteiger partial charge is 0.340 e. The van der Waals surface area contributed by atoms with Crippen LogP contribution in [0.25, 0.3) is 0 Å². The number of carbonyl (C=O) groups is 1. The minimum atomic E-state index is -0.485. The Bertz CT molecular complexity index is 435. The summed E-state index contributed by atoms with van der Waals surface area (Å²) in [7, 11) is 1.72. The summed E-state index contributed by atoms with van der Waals surface area (Å²) in [5, 5.41) is 1.14. The van der Waals surface area contributed by atoms with Gasteiger partial charge in [-0.25, -0.2) is 0 Å². The lowest BCUT2D eigenvalue weighted by molar-refractivity contribution is -0.132. The zero-order valence-corrected chi connectivity index (χ0v) is 12.3. The number of likely N-dealkylation sites (N-methyl/N-ethyl adjacent to an activating group) is 1. The van der Waals surface area contributed by atoms with Crippen LogP contribution in [0, 0.1) is 5.92 Å². The molecule has 2 N–H and O–H groups in total. The summed E-state index contributed by atoms with van der Waals surface area (Å²) in [5.41, 5.74) is 6.69. The van der Waals surface area contributed by atoms with E-state index in [0.717, 1.165) is 5.56 Å². The Balaban J connectivity index is 2.75. The van der Waals surface area contributed by atoms with E-state index in [1.54, 1.807) is 24.1 Å². The highest BCUT2D eigenvalue weighted by molar-refractivity contribution is 6.35. The minimum absolute atomic E-state index is 0.0870. The van der Waals surface area contributed by atoms with Crippen LogP contribution >= 0.6 is 23.2 Å². The molecule has 0 aromatic heterocycles. The molecule has 1 aromatic carbocycles. The molecule has 18 heavy (non-hydrogen) atoms. The summed E-state index contributed by atoms with van der Waals surface area (Å²) < 4.78 is 0. The van der Waals surface area contributed by atoms with Gasteiger partial charge in [0.05, 0.1) is 6.04 Å². The Morgan fingerprint density at radius 2 is 2.00 bits per heavy atom. The second-order valence-corrected chi connectivity index (χ2v) is 5.54. The molecule has 0 aliphatic heterocycles. The number of halogens is 2. The summed E-state index contributed by atoms with van der Waals surface area (Å²) in [6.45, 7) is 4.27. The van der Waals surface area contributed by atoms with Crippen molar-refractivity contribution in [3.63, 3.8) is 0 Å². The van der Waals surface area contributed by atoms with Gasteiger partial charge in [-0.2, -0.15) is 0 Å². The predicted octanol–water partition coefficient (Wildman–Crippen LogP) is 2.94. The third kappa shape index (κ3) is 3.87. The Morgan fingerprint density at radius 1 is 1.39 bits per heavy atom. The van der Waals surface area contributed by atoms with Crippen LogP contribution in [0.15, 0.2) is 18.2 Å². The van der Waals surface area contributed by atoms with Gasteiger partial charge in [0, 0.05) is 23.6 Å². The third-order valence-corrected chi connectivity index (χ3v) is 3.39. The normalized spacial score (nSPS) is 12.6. The van der Waals surface area contributed by atoms with Crippen molar-refractivity contribution in [2.45, 2.75) is 26.4 Å². The SMILES string of the molecule is CC(C)C(N)C(=O)N(C)Cc1ccc(Cl)cc1Cl. The second-order valence-electron chi connectivity index (χ2n) is 4.70. The molecule has 0 aliphatic rings. The van der Waals surface area contributed by atoms with Gasteiger partial charge in [-0.05, 0) is 23.6 Å². The molecular weight excluding hydrogens is 271 g/mol. The van der Waals surface area contributed by atoms with Gasteiger partial charge in [-0.15, -0.1) is 0 Å². The van der Waals surface area contributed by atoms with Crippen LogP contribution in [0.3, 0.4) is 0 Å². The van der Waals surface area contributed by atoms with Crippen molar-refractivity contribution in [2.24, 2.45) is 11.7 Å². The van der Waals surface area contributed by atoms with Crippen LogP contribution < -0.4 is 5.73 Å². The number of rotatable bonds is 4. The molecule has 0 aliphatic carbocycles. The van der Waals surface area contributed by atoms with Crippen molar-refractivity contribution >= 4 is 29.1 Å². The van der Waals surface area contributed by atoms with Crippen LogP contribution in [-0.4, -0.2) is 23.9 Å². The lowest BCUT2D eigenvalue weighted by atomic mass is 10.0. The number of carbonyl (C=O) groups excluding carboxylic acids is 1. The van der Waals surface area contributed by atoms with Crippen LogP contribution in [0.2, 0.25) is 10.0 Å². The Morgan fingerprint density at radius 3 is 2.50 bits per heavy atom. The monoisotopic (exact) mass is 288 g/mol. The first kappa shape index (κ1) is 15.3. The van der Waals surface area contributed by atoms with Gasteiger partial charge in [0.1, 0.15) is 0 Å². The van der Waals surface area contributed by atoms with Crippen molar-refractivity contribution in [1.29, 1.82) is 0 Å². The maximum absolute atomic E-state index is 12.0. The lowest BCUT2D eigenvalue weighted by Gasteiger charge is -2.23. The van der Waals surface area contributed by atoms with Gasteiger partial charge >= 0.3 is 0 Å². The Hall–Kier alpha value is -0.770. The van der Waals surface area contributed by atoms with Gasteiger partial charge in [0.15, 0.2) is 0 Å². The van der Waals surface area contributed by atoms with Gasteiger partial charge in [-0.3, -0.25) is 4.79 Å². The fourth-order valence-electron chi connectivity index (χ4n) is 1.52. The molecule has 1 rings (SSSR count). The molecule has 5 heteroatoms. The van der Waals surface area contributed by atoms with Crippen molar-refractivity contribution in [1.82, 2.24) is 4.90 Å². The zero-order chi connectivity index (χ0) is 13.9. The Kier molecular flexibility index (Phi) is 5.45. The number of amides is 1. The molecule has 0 fully saturated rings. The van der Waals surface area contributed by atoms with Crippen molar-refractivity contribution < 1.29 is 4.79 Å². The molecule has 0 radical (unpaired) electrons. The first-order valence-electron chi connectivity index (χ1n) is 5.77. The first-order chi connectivity index (χ1) is 8.32. The van der Waals surface area contributed by atoms with E-state index in [9.17, 15) is 4.79 Å². The second kappa shape index (κ2) is 6.41. The third-order valence-electron chi connectivity index (χ3n) is 2.80. The zero-order valence-electron chi connectivity index (χ0n) is 10.8. The summed E-state index contributed by atoms with van der Waals surface area (Å²) in [6, 6.07) is 4.75. The average molecular weight is 289 g/mol. The maximum Gasteiger partial charge on any atom is 0.239 e. The van der Waals surface area contributed by atoms with Crippen LogP contribution in [0.4, 0.5) is 0 Å². The minimum Gasteiger partial charge on any atom is -0.340 e. The number of hydrogen-bond acceptors (Lipinski definition) is 2. The maximum atomic E-state index is 12.0. The molecular formula is C13H18Cl2N2O. The van der Waals surface area contributed by atoms with Crippen LogP contribution in [-0.2, 0) is 11.3 Å². The molecule has 0 saturated heterocycles. The lowest BCUT2D eigenvalue weighted by Crippen LogP contribution is -2.44. The van der Waals surface area contributed by atoms with E-state index < -0.39 is 6.04 Å². The van der Waals surface area contributed by atoms with Gasteiger partial charge in [-0.1, -0.05) is 43.1 Å². The summed E-state index contributed by atoms with van der Waals surface area (Å²) in [6.07, 6.45) is 0. The highest BCUT2D eigenvalue weighted by Gasteiger charge is 2.21. The highest BCUT2D eigenvalue weighted by Crippen LogP contribution is 2.22. The van der Waals surface area contributed by atoms with E-state index in [4.69, 9.17) is 28.9 Å². The van der Waals surface area contributed by atoms with E-state index >= 15 is 0 Å². The van der Waals surface area contributed by atoms with Crippen molar-refractivity contribution in [2.75, 3.05) is 7.05 Å². The fourth-order valence-corrected chi connectivity index (χ4v) is 1.99. The number of nitrogens with two attached hydrogens (primary N) is 1. The molecule has 0 bridgehead atoms. The van der Waals surface area contributed by atoms with E-state index in [-0.39, 0.29) is 11.8 Å². The van der Waals surface area contributed by atoms with Crippen LogP contribution in [0.1, 0.15) is 19.4 Å². The molecule has 0 heterocycles. The molecule has 0 spiro atoms. The quantitative estimate of drug-likeness (QED) is 0.926. The Labute approximate surface area is 118 Å². The summed E-state index contributed by atoms with van der Waals surface area (Å²) in [4.78, 5) is 13.6. The number of benzene rings is 1. The van der Waals surface area contributed by atoms with Gasteiger partial charge < -0.3 is 10.6 Å².